The summed E-state index contributed by atoms with van der Waals surface area (Å²) in [7, 11) is 2.91. The number of ether oxygens (including phenoxy) is 1. The highest BCUT2D eigenvalue weighted by atomic mass is 35.5. The molecule has 0 heterocycles. The molecule has 5 nitrogen and oxygen atoms in total. The third-order valence-corrected chi connectivity index (χ3v) is 4.00. The van der Waals surface area contributed by atoms with Crippen LogP contribution in [0, 0.1) is 0 Å². The molecule has 0 aromatic heterocycles. The Balaban J connectivity index is 2.30. The van der Waals surface area contributed by atoms with Gasteiger partial charge in [0.25, 0.3) is 5.91 Å². The minimum Gasteiger partial charge on any atom is -0.487 e. The van der Waals surface area contributed by atoms with Gasteiger partial charge in [-0.15, -0.1) is 0 Å². The fourth-order valence-corrected chi connectivity index (χ4v) is 2.40. The Morgan fingerprint density at radius 2 is 1.92 bits per heavy atom. The Kier molecular flexibility index (Phi) is 6.46. The molecule has 0 aliphatic carbocycles. The summed E-state index contributed by atoms with van der Waals surface area (Å²) in [4.78, 5) is 16.8. The highest BCUT2D eigenvalue weighted by Gasteiger charge is 2.17. The largest absolute Gasteiger partial charge is 0.487 e. The summed E-state index contributed by atoms with van der Waals surface area (Å²) in [5.41, 5.74) is 1.53. The average molecular weight is 367 g/mol. The van der Waals surface area contributed by atoms with Gasteiger partial charge >= 0.3 is 0 Å². The SMILES string of the molecule is CNC(=O)/C(=N\OC)c1ccccc1COc1cccc(Cl)c1Cl. The van der Waals surface area contributed by atoms with E-state index in [-0.39, 0.29) is 18.2 Å². The monoisotopic (exact) mass is 366 g/mol. The van der Waals surface area contributed by atoms with Gasteiger partial charge < -0.3 is 14.9 Å². The summed E-state index contributed by atoms with van der Waals surface area (Å²) >= 11 is 12.1. The molecule has 0 aliphatic heterocycles. The highest BCUT2D eigenvalue weighted by molar-refractivity contribution is 6.45. The fraction of sp³-hybridized carbons (Fsp3) is 0.176. The van der Waals surface area contributed by atoms with Crippen molar-refractivity contribution in [3.05, 3.63) is 63.6 Å². The number of hydrogen-bond donors (Lipinski definition) is 1. The minimum atomic E-state index is -0.356. The molecular weight excluding hydrogens is 351 g/mol. The van der Waals surface area contributed by atoms with Crippen LogP contribution in [0.5, 0.6) is 5.75 Å². The van der Waals surface area contributed by atoms with Crippen molar-refractivity contribution in [2.45, 2.75) is 6.61 Å². The van der Waals surface area contributed by atoms with Crippen LogP contribution in [-0.4, -0.2) is 25.8 Å². The molecule has 0 aliphatic rings. The number of rotatable bonds is 6. The second-order valence-corrected chi connectivity index (χ2v) is 5.48. The van der Waals surface area contributed by atoms with Gasteiger partial charge in [-0.2, -0.15) is 0 Å². The Bertz CT molecular complexity index is 763. The molecule has 0 radical (unpaired) electrons. The number of carbonyl (C=O) groups excluding carboxylic acids is 1. The summed E-state index contributed by atoms with van der Waals surface area (Å²) in [5, 5.41) is 7.10. The molecule has 0 bridgehead atoms. The number of hydrogen-bond acceptors (Lipinski definition) is 4. The summed E-state index contributed by atoms with van der Waals surface area (Å²) in [6.45, 7) is 0.190. The number of nitrogens with zero attached hydrogens (tertiary/aromatic N) is 1. The average Bonchev–Trinajstić information content (AvgIpc) is 2.60. The predicted octanol–water partition coefficient (Wildman–Crippen LogP) is 3.67. The van der Waals surface area contributed by atoms with E-state index >= 15 is 0 Å². The quantitative estimate of drug-likeness (QED) is 0.626. The first-order chi connectivity index (χ1) is 11.6. The maximum Gasteiger partial charge on any atom is 0.273 e. The normalized spacial score (nSPS) is 11.1. The van der Waals surface area contributed by atoms with Gasteiger partial charge in [-0.3, -0.25) is 4.79 Å². The molecule has 0 spiro atoms. The Morgan fingerprint density at radius 1 is 1.17 bits per heavy atom. The van der Waals surface area contributed by atoms with Crippen LogP contribution in [0.1, 0.15) is 11.1 Å². The maximum absolute atomic E-state index is 12.0. The van der Waals surface area contributed by atoms with Gasteiger partial charge in [-0.25, -0.2) is 0 Å². The number of amides is 1. The van der Waals surface area contributed by atoms with Crippen molar-refractivity contribution in [1.82, 2.24) is 5.32 Å². The zero-order chi connectivity index (χ0) is 17.5. The maximum atomic E-state index is 12.0. The Morgan fingerprint density at radius 3 is 2.62 bits per heavy atom. The predicted molar refractivity (Wildman–Crippen MR) is 94.8 cm³/mol. The van der Waals surface area contributed by atoms with E-state index in [2.05, 4.69) is 10.5 Å². The number of oxime groups is 1. The minimum absolute atomic E-state index is 0.163. The van der Waals surface area contributed by atoms with E-state index in [1.165, 1.54) is 14.2 Å². The second kappa shape index (κ2) is 8.57. The third kappa shape index (κ3) is 4.19. The molecular formula is C17H16Cl2N2O3. The van der Waals surface area contributed by atoms with Gasteiger partial charge in [-0.05, 0) is 17.7 Å². The van der Waals surface area contributed by atoms with E-state index in [0.717, 1.165) is 5.56 Å². The fourth-order valence-electron chi connectivity index (χ4n) is 2.05. The smallest absolute Gasteiger partial charge is 0.273 e. The van der Waals surface area contributed by atoms with Crippen LogP contribution < -0.4 is 10.1 Å². The van der Waals surface area contributed by atoms with Crippen molar-refractivity contribution < 1.29 is 14.4 Å². The lowest BCUT2D eigenvalue weighted by molar-refractivity contribution is -0.114. The van der Waals surface area contributed by atoms with Gasteiger partial charge in [0, 0.05) is 12.6 Å². The van der Waals surface area contributed by atoms with Crippen LogP contribution in [0.3, 0.4) is 0 Å². The van der Waals surface area contributed by atoms with E-state index in [9.17, 15) is 4.79 Å². The van der Waals surface area contributed by atoms with Gasteiger partial charge in [0.15, 0.2) is 5.71 Å². The molecule has 24 heavy (non-hydrogen) atoms. The first-order valence-electron chi connectivity index (χ1n) is 7.06. The summed E-state index contributed by atoms with van der Waals surface area (Å²) in [6, 6.07) is 12.4. The molecule has 0 saturated heterocycles. The molecule has 7 heteroatoms. The first kappa shape index (κ1) is 18.1. The van der Waals surface area contributed by atoms with Crippen molar-refractivity contribution in [2.24, 2.45) is 5.16 Å². The van der Waals surface area contributed by atoms with Crippen LogP contribution in [0.25, 0.3) is 0 Å². The van der Waals surface area contributed by atoms with Crippen LogP contribution in [0.15, 0.2) is 47.6 Å². The molecule has 2 aromatic rings. The van der Waals surface area contributed by atoms with Gasteiger partial charge in [0.1, 0.15) is 24.5 Å². The van der Waals surface area contributed by atoms with Gasteiger partial charge in [0.05, 0.1) is 5.02 Å². The summed E-state index contributed by atoms with van der Waals surface area (Å²) < 4.78 is 5.74. The second-order valence-electron chi connectivity index (χ2n) is 4.70. The van der Waals surface area contributed by atoms with Crippen LogP contribution >= 0.6 is 23.2 Å². The zero-order valence-corrected chi connectivity index (χ0v) is 14.7. The summed E-state index contributed by atoms with van der Waals surface area (Å²) in [6.07, 6.45) is 0. The van der Waals surface area contributed by atoms with E-state index < -0.39 is 0 Å². The van der Waals surface area contributed by atoms with Crippen molar-refractivity contribution in [2.75, 3.05) is 14.2 Å². The standard InChI is InChI=1S/C17H16Cl2N2O3/c1-20-17(22)16(21-23-2)12-7-4-3-6-11(12)10-24-14-9-5-8-13(18)15(14)19/h3-9H,10H2,1-2H3,(H,20,22)/b21-16-. The van der Waals surface area contributed by atoms with Gasteiger partial charge in [0.2, 0.25) is 0 Å². The van der Waals surface area contributed by atoms with E-state index in [0.29, 0.717) is 21.4 Å². The Hall–Kier alpha value is -2.24. The van der Waals surface area contributed by atoms with Crippen molar-refractivity contribution in [1.29, 1.82) is 0 Å². The molecule has 2 rings (SSSR count). The van der Waals surface area contributed by atoms with Crippen molar-refractivity contribution in [3.63, 3.8) is 0 Å². The van der Waals surface area contributed by atoms with E-state index in [1.807, 2.05) is 12.1 Å². The lowest BCUT2D eigenvalue weighted by Crippen LogP contribution is -2.29. The molecule has 0 saturated carbocycles. The molecule has 126 valence electrons. The zero-order valence-electron chi connectivity index (χ0n) is 13.2. The highest BCUT2D eigenvalue weighted by Crippen LogP contribution is 2.32. The molecule has 2 aromatic carbocycles. The van der Waals surface area contributed by atoms with Gasteiger partial charge in [-0.1, -0.05) is 58.7 Å². The lowest BCUT2D eigenvalue weighted by Gasteiger charge is -2.13. The first-order valence-corrected chi connectivity index (χ1v) is 7.82. The van der Waals surface area contributed by atoms with Crippen molar-refractivity contribution in [3.8, 4) is 5.75 Å². The molecule has 0 unspecified atom stereocenters. The number of nitrogens with one attached hydrogen (secondary N) is 1. The number of benzene rings is 2. The topological polar surface area (TPSA) is 59.9 Å². The number of carbonyl (C=O) groups is 1. The molecule has 0 fully saturated rings. The van der Waals surface area contributed by atoms with Crippen LogP contribution in [-0.2, 0) is 16.2 Å². The molecule has 0 atom stereocenters. The molecule has 1 amide bonds. The van der Waals surface area contributed by atoms with Crippen LogP contribution in [0.2, 0.25) is 10.0 Å². The van der Waals surface area contributed by atoms with E-state index in [4.69, 9.17) is 32.8 Å². The van der Waals surface area contributed by atoms with Crippen LogP contribution in [0.4, 0.5) is 0 Å². The third-order valence-electron chi connectivity index (χ3n) is 3.20. The van der Waals surface area contributed by atoms with Crippen molar-refractivity contribution >= 4 is 34.8 Å². The number of halogens is 2. The Labute approximate surface area is 150 Å². The lowest BCUT2D eigenvalue weighted by atomic mass is 10.0. The summed E-state index contributed by atoms with van der Waals surface area (Å²) in [5.74, 6) is 0.106. The number of likely N-dealkylation sites (N-methyl/N-ethyl adjacent to an activating group) is 1. The molecule has 1 N–H and O–H groups in total. The van der Waals surface area contributed by atoms with E-state index in [1.54, 1.807) is 30.3 Å².